The van der Waals surface area contributed by atoms with E-state index in [0.29, 0.717) is 16.2 Å². The Balaban J connectivity index is 2.40. The summed E-state index contributed by atoms with van der Waals surface area (Å²) in [5.41, 5.74) is 5.31. The number of rotatable bonds is 2. The number of aryl methyl sites for hydroxylation is 1. The molecule has 2 aromatic rings. The molecule has 2 rings (SSSR count). The number of halogens is 1. The van der Waals surface area contributed by atoms with E-state index in [4.69, 9.17) is 5.73 Å². The van der Waals surface area contributed by atoms with Crippen molar-refractivity contribution in [2.24, 2.45) is 7.05 Å². The summed E-state index contributed by atoms with van der Waals surface area (Å²) in [5, 5.41) is 2.83. The van der Waals surface area contributed by atoms with Crippen molar-refractivity contribution >= 4 is 33.4 Å². The first-order valence-electron chi connectivity index (χ1n) is 4.79. The molecular weight excluding hydrogens is 286 g/mol. The second-order valence-electron chi connectivity index (χ2n) is 3.40. The molecule has 0 saturated carbocycles. The summed E-state index contributed by atoms with van der Waals surface area (Å²) in [6, 6.07) is 5.11. The molecule has 0 unspecified atom stereocenters. The van der Waals surface area contributed by atoms with Gasteiger partial charge in [-0.2, -0.15) is 0 Å². The second-order valence-corrected chi connectivity index (χ2v) is 4.21. The molecule has 0 fully saturated rings. The first-order chi connectivity index (χ1) is 8.06. The smallest absolute Gasteiger partial charge is 0.293 e. The van der Waals surface area contributed by atoms with Gasteiger partial charge in [0.15, 0.2) is 5.82 Å². The monoisotopic (exact) mass is 295 g/mol. The first kappa shape index (κ1) is 11.6. The number of nitrogens with zero attached hydrogens (tertiary/aromatic N) is 3. The Morgan fingerprint density at radius 2 is 2.18 bits per heavy atom. The SMILES string of the molecule is Cn1cc(Br)nc(Nc2cccc(N)n2)c1=O. The Bertz CT molecular complexity index is 610. The molecule has 3 N–H and O–H groups in total. The van der Waals surface area contributed by atoms with Gasteiger partial charge in [0, 0.05) is 13.2 Å². The summed E-state index contributed by atoms with van der Waals surface area (Å²) >= 11 is 3.22. The molecule has 0 bridgehead atoms. The number of pyridine rings is 1. The summed E-state index contributed by atoms with van der Waals surface area (Å²) in [6.07, 6.45) is 1.58. The number of hydrogen-bond acceptors (Lipinski definition) is 5. The lowest BCUT2D eigenvalue weighted by Gasteiger charge is -2.06. The number of nitrogens with two attached hydrogens (primary N) is 1. The molecule has 0 amide bonds. The summed E-state index contributed by atoms with van der Waals surface area (Å²) in [6.45, 7) is 0. The summed E-state index contributed by atoms with van der Waals surface area (Å²) in [5.74, 6) is 1.05. The van der Waals surface area contributed by atoms with Crippen LogP contribution >= 0.6 is 15.9 Å². The molecule has 2 heterocycles. The summed E-state index contributed by atoms with van der Waals surface area (Å²) < 4.78 is 1.98. The van der Waals surface area contributed by atoms with Gasteiger partial charge in [-0.25, -0.2) is 9.97 Å². The largest absolute Gasteiger partial charge is 0.384 e. The molecule has 17 heavy (non-hydrogen) atoms. The van der Waals surface area contributed by atoms with Gasteiger partial charge < -0.3 is 15.6 Å². The minimum Gasteiger partial charge on any atom is -0.384 e. The average Bonchev–Trinajstić information content (AvgIpc) is 2.25. The molecule has 6 nitrogen and oxygen atoms in total. The van der Waals surface area contributed by atoms with Gasteiger partial charge in [-0.1, -0.05) is 6.07 Å². The minimum absolute atomic E-state index is 0.194. The zero-order chi connectivity index (χ0) is 12.4. The Morgan fingerprint density at radius 3 is 2.88 bits per heavy atom. The predicted molar refractivity (Wildman–Crippen MR) is 69.1 cm³/mol. The van der Waals surface area contributed by atoms with Gasteiger partial charge in [0.25, 0.3) is 5.56 Å². The van der Waals surface area contributed by atoms with Crippen molar-refractivity contribution in [3.63, 3.8) is 0 Å². The molecule has 88 valence electrons. The van der Waals surface area contributed by atoms with Crippen LogP contribution in [0.15, 0.2) is 33.8 Å². The molecule has 0 aliphatic heterocycles. The number of anilines is 3. The standard InChI is InChI=1S/C10H10BrN5O/c1-16-5-6(11)13-9(10(16)17)15-8-4-2-3-7(12)14-8/h2-5H,1H3,(H3,12,13,14,15). The maximum atomic E-state index is 11.8. The van der Waals surface area contributed by atoms with Crippen LogP contribution in [0, 0.1) is 0 Å². The van der Waals surface area contributed by atoms with E-state index in [1.165, 1.54) is 4.57 Å². The minimum atomic E-state index is -0.238. The van der Waals surface area contributed by atoms with Gasteiger partial charge in [-0.3, -0.25) is 4.79 Å². The average molecular weight is 296 g/mol. The number of nitrogen functional groups attached to an aromatic ring is 1. The van der Waals surface area contributed by atoms with Crippen LogP contribution in [0.1, 0.15) is 0 Å². The Hall–Kier alpha value is -1.89. The Labute approximate surface area is 106 Å². The quantitative estimate of drug-likeness (QED) is 0.871. The lowest BCUT2D eigenvalue weighted by atomic mass is 10.4. The zero-order valence-electron chi connectivity index (χ0n) is 9.01. The van der Waals surface area contributed by atoms with Crippen molar-refractivity contribution in [3.05, 3.63) is 39.4 Å². The van der Waals surface area contributed by atoms with Crippen LogP contribution in [0.25, 0.3) is 0 Å². The van der Waals surface area contributed by atoms with Crippen LogP contribution in [-0.2, 0) is 7.05 Å². The van der Waals surface area contributed by atoms with Crippen molar-refractivity contribution in [1.82, 2.24) is 14.5 Å². The fourth-order valence-electron chi connectivity index (χ4n) is 1.29. The highest BCUT2D eigenvalue weighted by Crippen LogP contribution is 2.12. The fourth-order valence-corrected chi connectivity index (χ4v) is 1.78. The second kappa shape index (κ2) is 4.54. The van der Waals surface area contributed by atoms with Crippen LogP contribution in [0.3, 0.4) is 0 Å². The number of aromatic nitrogens is 3. The highest BCUT2D eigenvalue weighted by molar-refractivity contribution is 9.10. The third kappa shape index (κ3) is 2.62. The van der Waals surface area contributed by atoms with Crippen LogP contribution in [0.2, 0.25) is 0 Å². The molecule has 0 atom stereocenters. The van der Waals surface area contributed by atoms with E-state index < -0.39 is 0 Å². The molecule has 0 aliphatic rings. The van der Waals surface area contributed by atoms with Gasteiger partial charge in [-0.05, 0) is 28.1 Å². The van der Waals surface area contributed by atoms with E-state index in [1.54, 1.807) is 31.4 Å². The van der Waals surface area contributed by atoms with E-state index in [2.05, 4.69) is 31.2 Å². The molecule has 0 aliphatic carbocycles. The fraction of sp³-hybridized carbons (Fsp3) is 0.100. The lowest BCUT2D eigenvalue weighted by Crippen LogP contribution is -2.21. The van der Waals surface area contributed by atoms with Crippen molar-refractivity contribution < 1.29 is 0 Å². The number of nitrogens with one attached hydrogen (secondary N) is 1. The maximum absolute atomic E-state index is 11.8. The van der Waals surface area contributed by atoms with Gasteiger partial charge in [0.2, 0.25) is 0 Å². The van der Waals surface area contributed by atoms with Crippen LogP contribution < -0.4 is 16.6 Å². The molecule has 0 saturated heterocycles. The summed E-state index contributed by atoms with van der Waals surface area (Å²) in [7, 11) is 1.65. The Kier molecular flexibility index (Phi) is 3.10. The third-order valence-corrected chi connectivity index (χ3v) is 2.44. The predicted octanol–water partition coefficient (Wildman–Crippen LogP) is 1.26. The summed E-state index contributed by atoms with van der Waals surface area (Å²) in [4.78, 5) is 19.9. The van der Waals surface area contributed by atoms with Crippen molar-refractivity contribution in [3.8, 4) is 0 Å². The van der Waals surface area contributed by atoms with Crippen molar-refractivity contribution in [2.45, 2.75) is 0 Å². The van der Waals surface area contributed by atoms with Gasteiger partial charge >= 0.3 is 0 Å². The van der Waals surface area contributed by atoms with E-state index in [-0.39, 0.29) is 11.4 Å². The highest BCUT2D eigenvalue weighted by atomic mass is 79.9. The maximum Gasteiger partial charge on any atom is 0.293 e. The van der Waals surface area contributed by atoms with Crippen molar-refractivity contribution in [1.29, 1.82) is 0 Å². The number of hydrogen-bond donors (Lipinski definition) is 2. The first-order valence-corrected chi connectivity index (χ1v) is 5.58. The molecular formula is C10H10BrN5O. The Morgan fingerprint density at radius 1 is 1.41 bits per heavy atom. The van der Waals surface area contributed by atoms with Gasteiger partial charge in [-0.15, -0.1) is 0 Å². The molecule has 0 spiro atoms. The van der Waals surface area contributed by atoms with E-state index in [0.717, 1.165) is 0 Å². The van der Waals surface area contributed by atoms with Gasteiger partial charge in [0.05, 0.1) is 0 Å². The topological polar surface area (TPSA) is 85.8 Å². The van der Waals surface area contributed by atoms with E-state index in [9.17, 15) is 4.79 Å². The molecule has 0 radical (unpaired) electrons. The van der Waals surface area contributed by atoms with Crippen LogP contribution in [0.5, 0.6) is 0 Å². The van der Waals surface area contributed by atoms with Crippen LogP contribution in [0.4, 0.5) is 17.5 Å². The highest BCUT2D eigenvalue weighted by Gasteiger charge is 2.06. The van der Waals surface area contributed by atoms with Crippen LogP contribution in [-0.4, -0.2) is 14.5 Å². The van der Waals surface area contributed by atoms with Gasteiger partial charge in [0.1, 0.15) is 16.2 Å². The third-order valence-electron chi connectivity index (χ3n) is 2.06. The normalized spacial score (nSPS) is 10.2. The van der Waals surface area contributed by atoms with E-state index in [1.807, 2.05) is 0 Å². The molecule has 7 heteroatoms. The lowest BCUT2D eigenvalue weighted by molar-refractivity contribution is 0.836. The van der Waals surface area contributed by atoms with Crippen molar-refractivity contribution in [2.75, 3.05) is 11.1 Å². The molecule has 2 aromatic heterocycles. The molecule has 0 aromatic carbocycles. The zero-order valence-corrected chi connectivity index (χ0v) is 10.6. The van der Waals surface area contributed by atoms with E-state index >= 15 is 0 Å².